The summed E-state index contributed by atoms with van der Waals surface area (Å²) in [5, 5.41) is 7.53. The second-order valence-electron chi connectivity index (χ2n) is 8.67. The minimum Gasteiger partial charge on any atom is -0.453 e. The molecule has 4 saturated carbocycles. The van der Waals surface area contributed by atoms with Crippen LogP contribution in [0.3, 0.4) is 0 Å². The van der Waals surface area contributed by atoms with Crippen LogP contribution in [0.15, 0.2) is 10.6 Å². The fourth-order valence-corrected chi connectivity index (χ4v) is 6.09. The molecule has 6 rings (SSSR count). The smallest absolute Gasteiger partial charge is 0.377 e. The molecule has 0 spiro atoms. The van der Waals surface area contributed by atoms with Gasteiger partial charge in [-0.05, 0) is 75.7 Å². The Labute approximate surface area is 142 Å². The summed E-state index contributed by atoms with van der Waals surface area (Å²) in [5.74, 6) is 2.27. The molecule has 1 saturated heterocycles. The topological polar surface area (TPSA) is 64.4 Å². The molecular formula is C19H26N2O3. The monoisotopic (exact) mass is 330 g/mol. The van der Waals surface area contributed by atoms with Crippen molar-refractivity contribution in [2.24, 2.45) is 17.8 Å². The molecule has 1 N–H and O–H groups in total. The highest BCUT2D eigenvalue weighted by Crippen LogP contribution is 2.57. The number of hydrogen-bond acceptors (Lipinski definition) is 5. The van der Waals surface area contributed by atoms with Crippen molar-refractivity contribution in [1.29, 1.82) is 0 Å². The number of esters is 1. The van der Waals surface area contributed by atoms with Crippen molar-refractivity contribution in [3.8, 4) is 0 Å². The highest BCUT2D eigenvalue weighted by molar-refractivity contribution is 5.86. The number of carbonyl (C=O) groups excluding carboxylic acids is 1. The summed E-state index contributed by atoms with van der Waals surface area (Å²) in [7, 11) is 0. The van der Waals surface area contributed by atoms with Gasteiger partial charge in [0.25, 0.3) is 0 Å². The summed E-state index contributed by atoms with van der Waals surface area (Å²) in [4.78, 5) is 12.6. The van der Waals surface area contributed by atoms with Gasteiger partial charge in [0.1, 0.15) is 5.60 Å². The normalized spacial score (nSPS) is 40.2. The van der Waals surface area contributed by atoms with Crippen LogP contribution in [0.4, 0.5) is 0 Å². The highest BCUT2D eigenvalue weighted by atomic mass is 16.6. The van der Waals surface area contributed by atoms with Gasteiger partial charge in [-0.15, -0.1) is 0 Å². The molecule has 5 fully saturated rings. The molecule has 130 valence electrons. The second-order valence-corrected chi connectivity index (χ2v) is 8.67. The fourth-order valence-electron chi connectivity index (χ4n) is 6.09. The van der Waals surface area contributed by atoms with E-state index in [2.05, 4.69) is 10.5 Å². The molecule has 5 nitrogen and oxygen atoms in total. The molecule has 4 bridgehead atoms. The van der Waals surface area contributed by atoms with Gasteiger partial charge < -0.3 is 14.6 Å². The van der Waals surface area contributed by atoms with Gasteiger partial charge in [-0.25, -0.2) is 4.79 Å². The summed E-state index contributed by atoms with van der Waals surface area (Å²) in [5.41, 5.74) is 0.637. The summed E-state index contributed by atoms with van der Waals surface area (Å²) < 4.78 is 11.3. The lowest BCUT2D eigenvalue weighted by atomic mass is 9.54. The molecule has 2 heterocycles. The Kier molecular flexibility index (Phi) is 3.47. The highest BCUT2D eigenvalue weighted by Gasteiger charge is 2.53. The third-order valence-electron chi connectivity index (χ3n) is 6.67. The van der Waals surface area contributed by atoms with E-state index in [1.54, 1.807) is 6.07 Å². The average molecular weight is 330 g/mol. The minimum absolute atomic E-state index is 0.216. The number of nitrogens with one attached hydrogen (secondary N) is 1. The lowest BCUT2D eigenvalue weighted by Gasteiger charge is -2.55. The molecule has 1 aromatic heterocycles. The molecule has 1 aromatic rings. The molecule has 0 unspecified atom stereocenters. The van der Waals surface area contributed by atoms with Crippen LogP contribution in [-0.4, -0.2) is 29.3 Å². The Morgan fingerprint density at radius 1 is 1.25 bits per heavy atom. The van der Waals surface area contributed by atoms with Crippen LogP contribution in [0.1, 0.15) is 67.6 Å². The second kappa shape index (κ2) is 5.58. The van der Waals surface area contributed by atoms with Crippen molar-refractivity contribution in [1.82, 2.24) is 10.5 Å². The number of carbonyl (C=O) groups is 1. The predicted octanol–water partition coefficient (Wildman–Crippen LogP) is 3.09. The molecule has 5 heteroatoms. The van der Waals surface area contributed by atoms with Gasteiger partial charge in [-0.3, -0.25) is 0 Å². The van der Waals surface area contributed by atoms with Crippen molar-refractivity contribution in [2.75, 3.05) is 6.54 Å². The predicted molar refractivity (Wildman–Crippen MR) is 87.6 cm³/mol. The Hall–Kier alpha value is -1.36. The van der Waals surface area contributed by atoms with Gasteiger partial charge in [0, 0.05) is 18.5 Å². The zero-order chi connectivity index (χ0) is 16.1. The standard InChI is InChI=1S/C19H26N2O3/c22-18(17-8-16(21-24-17)7-15-2-1-3-20-15)23-19-9-12-4-13(10-19)6-14(5-12)11-19/h8,12-15,20H,1-7,9-11H2/t12?,13?,14?,15-,19?/m0/s1. The molecule has 5 aliphatic rings. The molecular weight excluding hydrogens is 304 g/mol. The van der Waals surface area contributed by atoms with E-state index in [0.29, 0.717) is 6.04 Å². The Morgan fingerprint density at radius 2 is 1.96 bits per heavy atom. The van der Waals surface area contributed by atoms with E-state index >= 15 is 0 Å². The first-order chi connectivity index (χ1) is 11.7. The van der Waals surface area contributed by atoms with E-state index in [-0.39, 0.29) is 17.3 Å². The van der Waals surface area contributed by atoms with Crippen LogP contribution in [0, 0.1) is 17.8 Å². The minimum atomic E-state index is -0.310. The van der Waals surface area contributed by atoms with Gasteiger partial charge in [-0.1, -0.05) is 5.16 Å². The number of nitrogens with zero attached hydrogens (tertiary/aromatic N) is 1. The molecule has 0 amide bonds. The Balaban J connectivity index is 1.26. The maximum atomic E-state index is 12.6. The zero-order valence-electron chi connectivity index (χ0n) is 14.1. The summed E-state index contributed by atoms with van der Waals surface area (Å²) >= 11 is 0. The molecule has 1 aliphatic heterocycles. The quantitative estimate of drug-likeness (QED) is 0.860. The fraction of sp³-hybridized carbons (Fsp3) is 0.789. The number of aromatic nitrogens is 1. The van der Waals surface area contributed by atoms with Crippen LogP contribution in [0.2, 0.25) is 0 Å². The molecule has 0 radical (unpaired) electrons. The first kappa shape index (κ1) is 14.9. The molecule has 0 aromatic carbocycles. The van der Waals surface area contributed by atoms with Crippen molar-refractivity contribution < 1.29 is 14.1 Å². The third-order valence-corrected chi connectivity index (χ3v) is 6.67. The Morgan fingerprint density at radius 3 is 2.58 bits per heavy atom. The zero-order valence-corrected chi connectivity index (χ0v) is 14.1. The van der Waals surface area contributed by atoms with E-state index in [0.717, 1.165) is 55.7 Å². The molecule has 1 atom stereocenters. The van der Waals surface area contributed by atoms with Gasteiger partial charge in [0.05, 0.1) is 5.69 Å². The average Bonchev–Trinajstić information content (AvgIpc) is 3.17. The first-order valence-electron chi connectivity index (χ1n) is 9.60. The van der Waals surface area contributed by atoms with E-state index in [9.17, 15) is 4.79 Å². The van der Waals surface area contributed by atoms with Crippen LogP contribution in [0.25, 0.3) is 0 Å². The summed E-state index contributed by atoms with van der Waals surface area (Å²) in [6, 6.07) is 2.24. The van der Waals surface area contributed by atoms with Gasteiger partial charge in [0.2, 0.25) is 5.76 Å². The van der Waals surface area contributed by atoms with Crippen LogP contribution in [-0.2, 0) is 11.2 Å². The summed E-state index contributed by atoms with van der Waals surface area (Å²) in [6.45, 7) is 1.07. The lowest BCUT2D eigenvalue weighted by Crippen LogP contribution is -2.52. The van der Waals surface area contributed by atoms with Crippen LogP contribution in [0.5, 0.6) is 0 Å². The van der Waals surface area contributed by atoms with Gasteiger partial charge >= 0.3 is 5.97 Å². The number of rotatable bonds is 4. The van der Waals surface area contributed by atoms with Crippen molar-refractivity contribution in [3.05, 3.63) is 17.5 Å². The largest absolute Gasteiger partial charge is 0.453 e. The Bertz CT molecular complexity index is 597. The van der Waals surface area contributed by atoms with E-state index in [1.165, 1.54) is 32.1 Å². The van der Waals surface area contributed by atoms with Crippen LogP contribution >= 0.6 is 0 Å². The van der Waals surface area contributed by atoms with Gasteiger partial charge in [-0.2, -0.15) is 0 Å². The lowest BCUT2D eigenvalue weighted by molar-refractivity contribution is -0.132. The van der Waals surface area contributed by atoms with Gasteiger partial charge in [0.15, 0.2) is 0 Å². The third kappa shape index (κ3) is 2.67. The van der Waals surface area contributed by atoms with Crippen molar-refractivity contribution in [2.45, 2.75) is 69.4 Å². The van der Waals surface area contributed by atoms with Crippen LogP contribution < -0.4 is 5.32 Å². The van der Waals surface area contributed by atoms with Crippen molar-refractivity contribution >= 4 is 5.97 Å². The number of hydrogen-bond donors (Lipinski definition) is 1. The molecule has 24 heavy (non-hydrogen) atoms. The maximum absolute atomic E-state index is 12.6. The maximum Gasteiger partial charge on any atom is 0.377 e. The summed E-state index contributed by atoms with van der Waals surface area (Å²) in [6.07, 6.45) is 10.4. The van der Waals surface area contributed by atoms with E-state index in [4.69, 9.17) is 9.26 Å². The molecule has 4 aliphatic carbocycles. The van der Waals surface area contributed by atoms with E-state index in [1.807, 2.05) is 0 Å². The van der Waals surface area contributed by atoms with E-state index < -0.39 is 0 Å². The van der Waals surface area contributed by atoms with Crippen molar-refractivity contribution in [3.63, 3.8) is 0 Å². The first-order valence-corrected chi connectivity index (χ1v) is 9.60. The SMILES string of the molecule is O=C(OC12CC3CC(CC(C3)C1)C2)c1cc(C[C@@H]2CCCN2)no1. The number of ether oxygens (including phenoxy) is 1.